The summed E-state index contributed by atoms with van der Waals surface area (Å²) in [5.41, 5.74) is 0. The highest BCUT2D eigenvalue weighted by molar-refractivity contribution is 7.89. The molecular weight excluding hydrogens is 362 g/mol. The minimum Gasteiger partial charge on any atom is -0.456 e. The lowest BCUT2D eigenvalue weighted by Gasteiger charge is -2.30. The Morgan fingerprint density at radius 1 is 1.48 bits per heavy atom. The smallest absolute Gasteiger partial charge is 0.350 e. The zero-order valence-corrected chi connectivity index (χ0v) is 14.8. The number of sulfonamides is 1. The fourth-order valence-corrected chi connectivity index (χ4v) is 5.14. The first-order valence-corrected chi connectivity index (χ1v) is 9.75. The number of hydrogen-bond donors (Lipinski definition) is 1. The van der Waals surface area contributed by atoms with Crippen LogP contribution in [0.4, 0.5) is 0 Å². The molecule has 1 fully saturated rings. The summed E-state index contributed by atoms with van der Waals surface area (Å²) in [6, 6.07) is 1.41. The van der Waals surface area contributed by atoms with Crippen LogP contribution < -0.4 is 0 Å². The third-order valence-corrected chi connectivity index (χ3v) is 6.70. The lowest BCUT2D eigenvalue weighted by atomic mass is 10.00. The molecular formula is C14H18ClNO5S2. The van der Waals surface area contributed by atoms with E-state index in [9.17, 15) is 13.2 Å². The fraction of sp³-hybridized carbons (Fsp3) is 0.500. The van der Waals surface area contributed by atoms with Gasteiger partial charge in [0, 0.05) is 24.7 Å². The van der Waals surface area contributed by atoms with Crippen molar-refractivity contribution in [2.24, 2.45) is 5.92 Å². The first kappa shape index (κ1) is 18.4. The largest absolute Gasteiger partial charge is 0.456 e. The van der Waals surface area contributed by atoms with Crippen molar-refractivity contribution < 1.29 is 23.1 Å². The van der Waals surface area contributed by atoms with Gasteiger partial charge in [-0.2, -0.15) is 4.31 Å². The van der Waals surface area contributed by atoms with Crippen molar-refractivity contribution in [1.29, 1.82) is 0 Å². The van der Waals surface area contributed by atoms with E-state index in [2.05, 4.69) is 6.58 Å². The summed E-state index contributed by atoms with van der Waals surface area (Å²) >= 11 is 6.56. The number of aliphatic hydroxyl groups excluding tert-OH is 1. The molecule has 1 aliphatic rings. The summed E-state index contributed by atoms with van der Waals surface area (Å²) in [6.45, 7) is 3.97. The van der Waals surface area contributed by atoms with E-state index in [-0.39, 0.29) is 33.9 Å². The van der Waals surface area contributed by atoms with Gasteiger partial charge in [-0.15, -0.1) is 11.3 Å². The van der Waals surface area contributed by atoms with Crippen LogP contribution in [0.5, 0.6) is 0 Å². The number of ether oxygens (including phenoxy) is 1. The second kappa shape index (κ2) is 7.76. The maximum atomic E-state index is 12.7. The van der Waals surface area contributed by atoms with Gasteiger partial charge in [0.05, 0.1) is 0 Å². The maximum absolute atomic E-state index is 12.7. The van der Waals surface area contributed by atoms with Crippen molar-refractivity contribution in [3.8, 4) is 0 Å². The zero-order chi connectivity index (χ0) is 17.0. The molecule has 6 nitrogen and oxygen atoms in total. The van der Waals surface area contributed by atoms with Crippen LogP contribution in [0.2, 0.25) is 0 Å². The van der Waals surface area contributed by atoms with E-state index in [0.717, 1.165) is 11.3 Å². The Bertz CT molecular complexity index is 677. The van der Waals surface area contributed by atoms with Crippen LogP contribution in [0, 0.1) is 5.92 Å². The zero-order valence-electron chi connectivity index (χ0n) is 12.4. The Kier molecular flexibility index (Phi) is 6.21. The SMILES string of the molecule is C=C(Cl)COC(=O)c1sccc1S(=O)(=O)N1CCC(CO)CC1. The highest BCUT2D eigenvalue weighted by Gasteiger charge is 2.33. The molecule has 1 aromatic heterocycles. The van der Waals surface area contributed by atoms with Gasteiger partial charge < -0.3 is 9.84 Å². The highest BCUT2D eigenvalue weighted by Crippen LogP contribution is 2.29. The van der Waals surface area contributed by atoms with Gasteiger partial charge in [0.15, 0.2) is 0 Å². The van der Waals surface area contributed by atoms with E-state index < -0.39 is 16.0 Å². The molecule has 0 amide bonds. The monoisotopic (exact) mass is 379 g/mol. The fourth-order valence-electron chi connectivity index (χ4n) is 2.33. The number of carbonyl (C=O) groups is 1. The number of piperidine rings is 1. The molecule has 0 saturated carbocycles. The Balaban J connectivity index is 2.16. The minimum atomic E-state index is -3.76. The van der Waals surface area contributed by atoms with Gasteiger partial charge in [-0.25, -0.2) is 13.2 Å². The van der Waals surface area contributed by atoms with Gasteiger partial charge in [-0.05, 0) is 30.2 Å². The van der Waals surface area contributed by atoms with E-state index in [1.165, 1.54) is 10.4 Å². The summed E-state index contributed by atoms with van der Waals surface area (Å²) in [5, 5.41) is 10.8. The molecule has 9 heteroatoms. The van der Waals surface area contributed by atoms with Crippen molar-refractivity contribution in [3.05, 3.63) is 27.9 Å². The third-order valence-electron chi connectivity index (χ3n) is 3.62. The molecule has 0 atom stereocenters. The number of carbonyl (C=O) groups excluding carboxylic acids is 1. The van der Waals surface area contributed by atoms with Crippen LogP contribution >= 0.6 is 22.9 Å². The van der Waals surface area contributed by atoms with E-state index in [0.29, 0.717) is 25.9 Å². The first-order valence-electron chi connectivity index (χ1n) is 7.05. The van der Waals surface area contributed by atoms with Gasteiger partial charge >= 0.3 is 5.97 Å². The number of hydrogen-bond acceptors (Lipinski definition) is 6. The quantitative estimate of drug-likeness (QED) is 0.765. The van der Waals surface area contributed by atoms with Gasteiger partial charge in [0.25, 0.3) is 0 Å². The van der Waals surface area contributed by atoms with Crippen molar-refractivity contribution >= 4 is 38.9 Å². The minimum absolute atomic E-state index is 0.0344. The topological polar surface area (TPSA) is 83.9 Å². The highest BCUT2D eigenvalue weighted by atomic mass is 35.5. The number of nitrogens with zero attached hydrogens (tertiary/aromatic N) is 1. The average molecular weight is 380 g/mol. The lowest BCUT2D eigenvalue weighted by Crippen LogP contribution is -2.39. The van der Waals surface area contributed by atoms with Crippen molar-refractivity contribution in [1.82, 2.24) is 4.31 Å². The molecule has 1 aliphatic heterocycles. The Morgan fingerprint density at radius 2 is 2.13 bits per heavy atom. The Labute approximate surface area is 144 Å². The van der Waals surface area contributed by atoms with Crippen LogP contribution in [0.1, 0.15) is 22.5 Å². The van der Waals surface area contributed by atoms with E-state index in [1.807, 2.05) is 0 Å². The van der Waals surface area contributed by atoms with Gasteiger partial charge in [-0.1, -0.05) is 18.2 Å². The average Bonchev–Trinajstić information content (AvgIpc) is 3.03. The molecule has 0 aromatic carbocycles. The standard InChI is InChI=1S/C14H18ClNO5S2/c1-10(15)9-21-14(18)13-12(4-7-22-13)23(19,20)16-5-2-11(8-17)3-6-16/h4,7,11,17H,1-3,5-6,8-9H2. The summed E-state index contributed by atoms with van der Waals surface area (Å²) in [6.07, 6.45) is 1.21. The third kappa shape index (κ3) is 4.33. The Morgan fingerprint density at radius 3 is 2.70 bits per heavy atom. The number of thiophene rings is 1. The van der Waals surface area contributed by atoms with Gasteiger partial charge in [0.2, 0.25) is 10.0 Å². The van der Waals surface area contributed by atoms with E-state index in [1.54, 1.807) is 5.38 Å². The summed E-state index contributed by atoms with van der Waals surface area (Å²) in [4.78, 5) is 12.0. The van der Waals surface area contributed by atoms with Crippen LogP contribution in [0.3, 0.4) is 0 Å². The lowest BCUT2D eigenvalue weighted by molar-refractivity contribution is 0.0547. The number of halogens is 1. The van der Waals surface area contributed by atoms with Gasteiger partial charge in [-0.3, -0.25) is 0 Å². The molecule has 1 saturated heterocycles. The predicted molar refractivity (Wildman–Crippen MR) is 88.2 cm³/mol. The van der Waals surface area contributed by atoms with E-state index >= 15 is 0 Å². The molecule has 0 aliphatic carbocycles. The van der Waals surface area contributed by atoms with Crippen LogP contribution in [-0.2, 0) is 14.8 Å². The van der Waals surface area contributed by atoms with Crippen molar-refractivity contribution in [2.75, 3.05) is 26.3 Å². The molecule has 2 rings (SSSR count). The molecule has 0 radical (unpaired) electrons. The molecule has 1 N–H and O–H groups in total. The predicted octanol–water partition coefficient (Wildman–Crippen LogP) is 2.05. The van der Waals surface area contributed by atoms with E-state index in [4.69, 9.17) is 21.4 Å². The molecule has 0 spiro atoms. The number of esters is 1. The summed E-state index contributed by atoms with van der Waals surface area (Å²) in [5.74, 6) is -0.603. The summed E-state index contributed by atoms with van der Waals surface area (Å²) in [7, 11) is -3.76. The second-order valence-electron chi connectivity index (χ2n) is 5.24. The molecule has 1 aromatic rings. The van der Waals surface area contributed by atoms with Crippen molar-refractivity contribution in [2.45, 2.75) is 17.7 Å². The first-order chi connectivity index (χ1) is 10.9. The van der Waals surface area contributed by atoms with Crippen LogP contribution in [-0.4, -0.2) is 50.1 Å². The van der Waals surface area contributed by atoms with Crippen LogP contribution in [0.15, 0.2) is 28.0 Å². The second-order valence-corrected chi connectivity index (χ2v) is 8.59. The summed E-state index contributed by atoms with van der Waals surface area (Å²) < 4.78 is 31.7. The van der Waals surface area contributed by atoms with Gasteiger partial charge in [0.1, 0.15) is 16.4 Å². The molecule has 128 valence electrons. The van der Waals surface area contributed by atoms with Crippen molar-refractivity contribution in [3.63, 3.8) is 0 Å². The number of aliphatic hydroxyl groups is 1. The normalized spacial score (nSPS) is 17.1. The molecule has 0 unspecified atom stereocenters. The maximum Gasteiger partial charge on any atom is 0.350 e. The van der Waals surface area contributed by atoms with Crippen LogP contribution in [0.25, 0.3) is 0 Å². The Hall–Kier alpha value is -0.930. The molecule has 0 bridgehead atoms. The molecule has 23 heavy (non-hydrogen) atoms. The number of rotatable bonds is 6. The molecule has 2 heterocycles.